The molecule has 0 N–H and O–H groups in total. The molecule has 2 aromatic heterocycles. The molecule has 1 aliphatic rings. The van der Waals surface area contributed by atoms with Crippen molar-refractivity contribution in [3.05, 3.63) is 47.9 Å². The zero-order chi connectivity index (χ0) is 16.7. The summed E-state index contributed by atoms with van der Waals surface area (Å²) < 4.78 is 21.3. The van der Waals surface area contributed by atoms with Gasteiger partial charge in [-0.15, -0.1) is 0 Å². The first kappa shape index (κ1) is 15.4. The zero-order valence-corrected chi connectivity index (χ0v) is 14.3. The smallest absolute Gasteiger partial charge is 0.240 e. The first-order valence-electron chi connectivity index (χ1n) is 7.91. The van der Waals surface area contributed by atoms with Gasteiger partial charge in [0.05, 0.1) is 5.25 Å². The molecule has 0 unspecified atom stereocenters. The van der Waals surface area contributed by atoms with Gasteiger partial charge in [-0.3, -0.25) is 0 Å². The maximum absolute atomic E-state index is 13.7. The highest BCUT2D eigenvalue weighted by molar-refractivity contribution is 7.99. The van der Waals surface area contributed by atoms with Crippen molar-refractivity contribution >= 4 is 11.8 Å². The Morgan fingerprint density at radius 1 is 1.38 bits per heavy atom. The third-order valence-electron chi connectivity index (χ3n) is 4.08. The fourth-order valence-corrected chi connectivity index (χ4v) is 3.45. The van der Waals surface area contributed by atoms with Gasteiger partial charge in [0.1, 0.15) is 5.82 Å². The van der Waals surface area contributed by atoms with Crippen LogP contribution >= 0.6 is 11.8 Å². The molecule has 0 radical (unpaired) electrons. The van der Waals surface area contributed by atoms with Crippen LogP contribution in [0.2, 0.25) is 0 Å². The molecule has 7 heteroatoms. The summed E-state index contributed by atoms with van der Waals surface area (Å²) in [5.41, 5.74) is 1.21. The quantitative estimate of drug-likeness (QED) is 0.635. The van der Waals surface area contributed by atoms with Gasteiger partial charge in [-0.2, -0.15) is 4.98 Å². The van der Waals surface area contributed by atoms with E-state index in [1.165, 1.54) is 18.9 Å². The Hall–Kier alpha value is -2.15. The lowest BCUT2D eigenvalue weighted by Crippen LogP contribution is -1.97. The monoisotopic (exact) mass is 344 g/mol. The van der Waals surface area contributed by atoms with Crippen LogP contribution in [-0.2, 0) is 0 Å². The predicted molar refractivity (Wildman–Crippen MR) is 89.2 cm³/mol. The number of halogens is 1. The highest BCUT2D eigenvalue weighted by Crippen LogP contribution is 2.41. The average Bonchev–Trinajstić information content (AvgIpc) is 3.10. The Bertz CT molecular complexity index is 871. The SMILES string of the molecule is Cc1ccc(-c2noc([C@@H](C)Sc3nccn3C3CC3)n2)cc1F. The Morgan fingerprint density at radius 2 is 2.21 bits per heavy atom. The predicted octanol–water partition coefficient (Wildman–Crippen LogP) is 4.57. The van der Waals surface area contributed by atoms with Gasteiger partial charge in [-0.25, -0.2) is 9.37 Å². The number of nitrogens with zero attached hydrogens (tertiary/aromatic N) is 4. The summed E-state index contributed by atoms with van der Waals surface area (Å²) in [5.74, 6) is 0.649. The second-order valence-corrected chi connectivity index (χ2v) is 7.34. The molecule has 1 aliphatic carbocycles. The fourth-order valence-electron chi connectivity index (χ4n) is 2.48. The summed E-state index contributed by atoms with van der Waals surface area (Å²) in [4.78, 5) is 8.84. The Morgan fingerprint density at radius 3 is 2.96 bits per heavy atom. The van der Waals surface area contributed by atoms with Gasteiger partial charge >= 0.3 is 0 Å². The molecule has 0 saturated heterocycles. The highest BCUT2D eigenvalue weighted by Gasteiger charge is 2.27. The number of hydrogen-bond acceptors (Lipinski definition) is 5. The van der Waals surface area contributed by atoms with Gasteiger partial charge in [0.25, 0.3) is 0 Å². The lowest BCUT2D eigenvalue weighted by atomic mass is 10.1. The standard InChI is InChI=1S/C17H17FN4OS/c1-10-3-4-12(9-14(10)18)15-20-16(23-21-15)11(2)24-17-19-7-8-22(17)13-5-6-13/h3-4,7-9,11,13H,5-6H2,1-2H3/t11-/m1/s1. The summed E-state index contributed by atoms with van der Waals surface area (Å²) in [6, 6.07) is 5.52. The van der Waals surface area contributed by atoms with Gasteiger partial charge in [0.2, 0.25) is 11.7 Å². The van der Waals surface area contributed by atoms with Crippen molar-refractivity contribution in [2.75, 3.05) is 0 Å². The largest absolute Gasteiger partial charge is 0.338 e. The molecular formula is C17H17FN4OS. The van der Waals surface area contributed by atoms with Gasteiger partial charge in [-0.1, -0.05) is 29.1 Å². The number of rotatable bonds is 5. The van der Waals surface area contributed by atoms with E-state index in [1.807, 2.05) is 19.3 Å². The minimum absolute atomic E-state index is 0.0264. The molecule has 1 atom stereocenters. The number of imidazole rings is 1. The van der Waals surface area contributed by atoms with Crippen LogP contribution in [0.4, 0.5) is 4.39 Å². The first-order chi connectivity index (χ1) is 11.6. The van der Waals surface area contributed by atoms with Crippen LogP contribution in [0.1, 0.15) is 42.5 Å². The molecule has 5 nitrogen and oxygen atoms in total. The van der Waals surface area contributed by atoms with Crippen molar-refractivity contribution < 1.29 is 8.91 Å². The van der Waals surface area contributed by atoms with E-state index in [1.54, 1.807) is 30.8 Å². The van der Waals surface area contributed by atoms with E-state index in [0.717, 1.165) is 5.16 Å². The molecule has 1 aromatic carbocycles. The van der Waals surface area contributed by atoms with Crippen LogP contribution in [-0.4, -0.2) is 19.7 Å². The minimum Gasteiger partial charge on any atom is -0.338 e. The van der Waals surface area contributed by atoms with E-state index in [-0.39, 0.29) is 11.1 Å². The molecular weight excluding hydrogens is 327 g/mol. The Balaban J connectivity index is 1.53. The van der Waals surface area contributed by atoms with Crippen LogP contribution in [0.3, 0.4) is 0 Å². The second-order valence-electron chi connectivity index (χ2n) is 6.03. The molecule has 24 heavy (non-hydrogen) atoms. The molecule has 0 spiro atoms. The van der Waals surface area contributed by atoms with Crippen molar-refractivity contribution in [1.82, 2.24) is 19.7 Å². The summed E-state index contributed by atoms with van der Waals surface area (Å²) in [6.45, 7) is 3.73. The van der Waals surface area contributed by atoms with Crippen LogP contribution in [0.15, 0.2) is 40.3 Å². The van der Waals surface area contributed by atoms with Gasteiger partial charge < -0.3 is 9.09 Å². The lowest BCUT2D eigenvalue weighted by molar-refractivity contribution is 0.380. The van der Waals surface area contributed by atoms with Crippen molar-refractivity contribution in [2.45, 2.75) is 43.1 Å². The maximum atomic E-state index is 13.7. The number of hydrogen-bond donors (Lipinski definition) is 0. The van der Waals surface area contributed by atoms with E-state index in [0.29, 0.717) is 28.9 Å². The summed E-state index contributed by atoms with van der Waals surface area (Å²) >= 11 is 1.59. The second kappa shape index (κ2) is 6.05. The van der Waals surface area contributed by atoms with E-state index in [2.05, 4.69) is 19.7 Å². The fraction of sp³-hybridized carbons (Fsp3) is 0.353. The normalized spacial score (nSPS) is 15.6. The Kier molecular flexibility index (Phi) is 3.88. The van der Waals surface area contributed by atoms with E-state index in [4.69, 9.17) is 4.52 Å². The molecule has 0 amide bonds. The van der Waals surface area contributed by atoms with Crippen molar-refractivity contribution in [3.63, 3.8) is 0 Å². The first-order valence-corrected chi connectivity index (χ1v) is 8.79. The summed E-state index contributed by atoms with van der Waals surface area (Å²) in [6.07, 6.45) is 6.26. The molecule has 1 saturated carbocycles. The van der Waals surface area contributed by atoms with Crippen LogP contribution in [0.5, 0.6) is 0 Å². The van der Waals surface area contributed by atoms with E-state index >= 15 is 0 Å². The van der Waals surface area contributed by atoms with Crippen molar-refractivity contribution in [3.8, 4) is 11.4 Å². The molecule has 1 fully saturated rings. The van der Waals surface area contributed by atoms with Gasteiger partial charge in [0, 0.05) is 24.0 Å². The molecule has 3 aromatic rings. The number of aryl methyl sites for hydroxylation is 1. The molecule has 4 rings (SSSR count). The number of thioether (sulfide) groups is 1. The third kappa shape index (κ3) is 2.96. The topological polar surface area (TPSA) is 56.7 Å². The molecule has 0 aliphatic heterocycles. The van der Waals surface area contributed by atoms with E-state index in [9.17, 15) is 4.39 Å². The molecule has 124 valence electrons. The van der Waals surface area contributed by atoms with Crippen LogP contribution in [0.25, 0.3) is 11.4 Å². The Labute approximate surface area is 143 Å². The van der Waals surface area contributed by atoms with Gasteiger partial charge in [0.15, 0.2) is 5.16 Å². The lowest BCUT2D eigenvalue weighted by Gasteiger charge is -2.08. The van der Waals surface area contributed by atoms with Gasteiger partial charge in [-0.05, 0) is 38.3 Å². The minimum atomic E-state index is -0.271. The highest BCUT2D eigenvalue weighted by atomic mass is 32.2. The number of aromatic nitrogens is 4. The average molecular weight is 344 g/mol. The maximum Gasteiger partial charge on any atom is 0.240 e. The van der Waals surface area contributed by atoms with Crippen molar-refractivity contribution in [1.29, 1.82) is 0 Å². The molecule has 2 heterocycles. The zero-order valence-electron chi connectivity index (χ0n) is 13.4. The third-order valence-corrected chi connectivity index (χ3v) is 5.16. The van der Waals surface area contributed by atoms with Crippen molar-refractivity contribution in [2.24, 2.45) is 0 Å². The van der Waals surface area contributed by atoms with Crippen LogP contribution < -0.4 is 0 Å². The summed E-state index contributed by atoms with van der Waals surface area (Å²) in [7, 11) is 0. The number of benzene rings is 1. The van der Waals surface area contributed by atoms with E-state index < -0.39 is 0 Å². The molecule has 0 bridgehead atoms. The summed E-state index contributed by atoms with van der Waals surface area (Å²) in [5, 5.41) is 4.92. The van der Waals surface area contributed by atoms with Crippen LogP contribution in [0, 0.1) is 12.7 Å².